The monoisotopic (exact) mass is 305 g/mol. The van der Waals surface area contributed by atoms with Gasteiger partial charge < -0.3 is 5.32 Å². The second kappa shape index (κ2) is 7.79. The first-order valence-corrected chi connectivity index (χ1v) is 7.88. The second-order valence-electron chi connectivity index (χ2n) is 4.68. The number of hydrogen-bond donors (Lipinski definition) is 2. The predicted molar refractivity (Wildman–Crippen MR) is 77.7 cm³/mol. The van der Waals surface area contributed by atoms with E-state index >= 15 is 0 Å². The summed E-state index contributed by atoms with van der Waals surface area (Å²) >= 11 is 0. The molecule has 1 saturated heterocycles. The van der Waals surface area contributed by atoms with Gasteiger partial charge in [0.1, 0.15) is 0 Å². The minimum atomic E-state index is -3.25. The predicted octanol–water partition coefficient (Wildman–Crippen LogP) is 0.922. The highest BCUT2D eigenvalue weighted by Crippen LogP contribution is 2.09. The van der Waals surface area contributed by atoms with Crippen molar-refractivity contribution in [3.63, 3.8) is 0 Å². The molecule has 1 aliphatic rings. The lowest BCUT2D eigenvalue weighted by molar-refractivity contribution is 0.376. The zero-order valence-corrected chi connectivity index (χ0v) is 12.3. The first kappa shape index (κ1) is 16.4. The van der Waals surface area contributed by atoms with Crippen LogP contribution in [0.25, 0.3) is 0 Å². The molecule has 108 valence electrons. The van der Waals surface area contributed by atoms with Crippen molar-refractivity contribution in [2.24, 2.45) is 5.92 Å². The van der Waals surface area contributed by atoms with Crippen molar-refractivity contribution in [2.75, 3.05) is 19.6 Å². The topological polar surface area (TPSA) is 71.1 Å². The molecule has 0 aliphatic carbocycles. The van der Waals surface area contributed by atoms with Gasteiger partial charge >= 0.3 is 0 Å². The molecule has 0 amide bonds. The van der Waals surface area contributed by atoms with Crippen LogP contribution < -0.4 is 10.0 Å². The Hall–Kier alpha value is -0.690. The van der Waals surface area contributed by atoms with E-state index in [-0.39, 0.29) is 18.2 Å². The average molecular weight is 306 g/mol. The number of hydrogen-bond acceptors (Lipinski definition) is 4. The molecule has 7 heteroatoms. The number of aromatic nitrogens is 1. The van der Waals surface area contributed by atoms with Gasteiger partial charge in [-0.2, -0.15) is 0 Å². The van der Waals surface area contributed by atoms with Crippen LogP contribution in [0.2, 0.25) is 0 Å². The number of pyridine rings is 1. The lowest BCUT2D eigenvalue weighted by Gasteiger charge is -2.22. The van der Waals surface area contributed by atoms with Gasteiger partial charge in [0.05, 0.1) is 5.75 Å². The third kappa shape index (κ3) is 5.86. The molecule has 0 saturated carbocycles. The molecule has 1 aromatic rings. The molecule has 0 spiro atoms. The number of rotatable bonds is 5. The van der Waals surface area contributed by atoms with Gasteiger partial charge in [-0.15, -0.1) is 12.4 Å². The van der Waals surface area contributed by atoms with Gasteiger partial charge in [0.25, 0.3) is 0 Å². The fourth-order valence-electron chi connectivity index (χ4n) is 2.10. The van der Waals surface area contributed by atoms with Crippen LogP contribution >= 0.6 is 12.4 Å². The minimum Gasteiger partial charge on any atom is -0.316 e. The van der Waals surface area contributed by atoms with Crippen LogP contribution in [0.3, 0.4) is 0 Å². The summed E-state index contributed by atoms with van der Waals surface area (Å²) < 4.78 is 26.4. The van der Waals surface area contributed by atoms with E-state index in [2.05, 4.69) is 15.0 Å². The summed E-state index contributed by atoms with van der Waals surface area (Å²) in [5, 5.41) is 3.28. The van der Waals surface area contributed by atoms with E-state index in [4.69, 9.17) is 0 Å². The van der Waals surface area contributed by atoms with Crippen molar-refractivity contribution >= 4 is 22.4 Å². The number of nitrogens with one attached hydrogen (secondary N) is 2. The highest BCUT2D eigenvalue weighted by molar-refractivity contribution is 7.88. The van der Waals surface area contributed by atoms with Gasteiger partial charge in [0.2, 0.25) is 10.0 Å². The number of halogens is 1. The van der Waals surface area contributed by atoms with Crippen LogP contribution in [-0.4, -0.2) is 33.0 Å². The van der Waals surface area contributed by atoms with Crippen molar-refractivity contribution in [2.45, 2.75) is 18.6 Å². The van der Waals surface area contributed by atoms with E-state index in [1.54, 1.807) is 24.5 Å². The smallest absolute Gasteiger partial charge is 0.215 e. The Morgan fingerprint density at radius 1 is 1.47 bits per heavy atom. The van der Waals surface area contributed by atoms with E-state index < -0.39 is 10.0 Å². The minimum absolute atomic E-state index is 0. The maximum Gasteiger partial charge on any atom is 0.215 e. The van der Waals surface area contributed by atoms with Crippen LogP contribution in [0.4, 0.5) is 0 Å². The van der Waals surface area contributed by atoms with E-state index in [1.807, 2.05) is 0 Å². The molecule has 1 unspecified atom stereocenters. The summed E-state index contributed by atoms with van der Waals surface area (Å²) in [6, 6.07) is 3.52. The molecule has 0 radical (unpaired) electrons. The SMILES string of the molecule is Cl.O=S(=O)(Cc1cccnc1)NCC1CCCNC1. The van der Waals surface area contributed by atoms with Crippen LogP contribution in [0.5, 0.6) is 0 Å². The molecule has 2 N–H and O–H groups in total. The molecule has 19 heavy (non-hydrogen) atoms. The summed E-state index contributed by atoms with van der Waals surface area (Å²) in [5.74, 6) is 0.406. The van der Waals surface area contributed by atoms with Gasteiger partial charge in [-0.05, 0) is 43.5 Å². The van der Waals surface area contributed by atoms with Crippen molar-refractivity contribution in [1.82, 2.24) is 15.0 Å². The molecule has 1 aromatic heterocycles. The zero-order valence-electron chi connectivity index (χ0n) is 10.7. The standard InChI is InChI=1S/C12H19N3O2S.ClH/c16-18(17,10-12-4-2-6-14-8-12)15-9-11-3-1-5-13-7-11;/h2,4,6,8,11,13,15H,1,3,5,7,9-10H2;1H. The molecule has 5 nitrogen and oxygen atoms in total. The Kier molecular flexibility index (Phi) is 6.71. The highest BCUT2D eigenvalue weighted by Gasteiger charge is 2.17. The third-order valence-corrected chi connectivity index (χ3v) is 4.39. The fourth-order valence-corrected chi connectivity index (χ4v) is 3.30. The van der Waals surface area contributed by atoms with Crippen LogP contribution in [0, 0.1) is 5.92 Å². The van der Waals surface area contributed by atoms with Crippen LogP contribution in [-0.2, 0) is 15.8 Å². The number of nitrogens with zero attached hydrogens (tertiary/aromatic N) is 1. The summed E-state index contributed by atoms with van der Waals surface area (Å²) in [7, 11) is -3.25. The quantitative estimate of drug-likeness (QED) is 0.849. The lowest BCUT2D eigenvalue weighted by atomic mass is 10.0. The normalized spacial score (nSPS) is 19.7. The zero-order chi connectivity index (χ0) is 12.8. The maximum absolute atomic E-state index is 11.9. The van der Waals surface area contributed by atoms with E-state index in [9.17, 15) is 8.42 Å². The largest absolute Gasteiger partial charge is 0.316 e. The molecule has 1 fully saturated rings. The van der Waals surface area contributed by atoms with Crippen molar-refractivity contribution in [3.05, 3.63) is 30.1 Å². The Labute approximate surface area is 120 Å². The first-order chi connectivity index (χ1) is 8.66. The molecule has 2 rings (SSSR count). The fraction of sp³-hybridized carbons (Fsp3) is 0.583. The number of sulfonamides is 1. The van der Waals surface area contributed by atoms with Gasteiger partial charge in [0.15, 0.2) is 0 Å². The van der Waals surface area contributed by atoms with E-state index in [0.717, 1.165) is 25.9 Å². The van der Waals surface area contributed by atoms with Crippen molar-refractivity contribution in [3.8, 4) is 0 Å². The van der Waals surface area contributed by atoms with E-state index in [0.29, 0.717) is 18.0 Å². The van der Waals surface area contributed by atoms with Crippen LogP contribution in [0.15, 0.2) is 24.5 Å². The number of piperidine rings is 1. The molecule has 2 heterocycles. The van der Waals surface area contributed by atoms with E-state index in [1.165, 1.54) is 0 Å². The average Bonchev–Trinajstić information content (AvgIpc) is 2.38. The third-order valence-electron chi connectivity index (χ3n) is 3.07. The van der Waals surface area contributed by atoms with Gasteiger partial charge in [-0.1, -0.05) is 6.07 Å². The van der Waals surface area contributed by atoms with Crippen LogP contribution in [0.1, 0.15) is 18.4 Å². The van der Waals surface area contributed by atoms with Gasteiger partial charge in [0, 0.05) is 18.9 Å². The summed E-state index contributed by atoms with van der Waals surface area (Å²) in [6.07, 6.45) is 5.43. The molecule has 0 bridgehead atoms. The molecular weight excluding hydrogens is 286 g/mol. The summed E-state index contributed by atoms with van der Waals surface area (Å²) in [4.78, 5) is 3.92. The van der Waals surface area contributed by atoms with Gasteiger partial charge in [-0.25, -0.2) is 13.1 Å². The molecule has 0 aromatic carbocycles. The Morgan fingerprint density at radius 3 is 2.95 bits per heavy atom. The lowest BCUT2D eigenvalue weighted by Crippen LogP contribution is -2.38. The molecular formula is C12H20ClN3O2S. The summed E-state index contributed by atoms with van der Waals surface area (Å²) in [5.41, 5.74) is 0.715. The molecule has 1 aliphatic heterocycles. The van der Waals surface area contributed by atoms with Crippen molar-refractivity contribution < 1.29 is 8.42 Å². The summed E-state index contributed by atoms with van der Waals surface area (Å²) in [6.45, 7) is 2.46. The Morgan fingerprint density at radius 2 is 2.32 bits per heavy atom. The van der Waals surface area contributed by atoms with Gasteiger partial charge in [-0.3, -0.25) is 4.98 Å². The first-order valence-electron chi connectivity index (χ1n) is 6.23. The van der Waals surface area contributed by atoms with Crippen molar-refractivity contribution in [1.29, 1.82) is 0 Å². The second-order valence-corrected chi connectivity index (χ2v) is 6.49. The highest BCUT2D eigenvalue weighted by atomic mass is 35.5. The molecule has 1 atom stereocenters. The Bertz CT molecular complexity index is 461. The Balaban J connectivity index is 0.00000180. The maximum atomic E-state index is 11.9.